The van der Waals surface area contributed by atoms with Crippen molar-refractivity contribution in [2.24, 2.45) is 5.92 Å². The largest absolute Gasteiger partial charge is 0.315 e. The van der Waals surface area contributed by atoms with E-state index in [9.17, 15) is 0 Å². The summed E-state index contributed by atoms with van der Waals surface area (Å²) in [6.45, 7) is 9.86. The molecule has 4 heterocycles. The highest BCUT2D eigenvalue weighted by atomic mass is 15.7. The predicted octanol–water partition coefficient (Wildman–Crippen LogP) is 1.08. The summed E-state index contributed by atoms with van der Waals surface area (Å²) in [5.41, 5.74) is 0. The van der Waals surface area contributed by atoms with E-state index in [0.29, 0.717) is 6.17 Å². The third-order valence-corrected chi connectivity index (χ3v) is 6.42. The summed E-state index contributed by atoms with van der Waals surface area (Å²) in [6.07, 6.45) is 10.4. The fraction of sp³-hybridized carbons (Fsp3) is 1.00. The molecule has 0 spiro atoms. The molecule has 5 heteroatoms. The number of nitrogens with zero attached hydrogens (tertiary/aromatic N) is 3. The van der Waals surface area contributed by atoms with Gasteiger partial charge in [-0.1, -0.05) is 19.3 Å². The van der Waals surface area contributed by atoms with Crippen LogP contribution in [0.25, 0.3) is 0 Å². The Morgan fingerprint density at radius 1 is 0.696 bits per heavy atom. The Bertz CT molecular complexity index is 360. The molecule has 3 atom stereocenters. The van der Waals surface area contributed by atoms with Gasteiger partial charge in [-0.05, 0) is 44.7 Å². The molecule has 0 bridgehead atoms. The second-order valence-corrected chi connectivity index (χ2v) is 7.94. The van der Waals surface area contributed by atoms with Gasteiger partial charge in [-0.15, -0.1) is 0 Å². The summed E-state index contributed by atoms with van der Waals surface area (Å²) in [5.74, 6) is 0.863. The molecule has 0 aromatic heterocycles. The highest BCUT2D eigenvalue weighted by Crippen LogP contribution is 2.36. The second-order valence-electron chi connectivity index (χ2n) is 7.94. The van der Waals surface area contributed by atoms with Gasteiger partial charge in [0.15, 0.2) is 0 Å². The van der Waals surface area contributed by atoms with Gasteiger partial charge >= 0.3 is 0 Å². The molecule has 0 saturated carbocycles. The summed E-state index contributed by atoms with van der Waals surface area (Å²) in [5, 5.41) is 12.8. The summed E-state index contributed by atoms with van der Waals surface area (Å²) in [6, 6.07) is 0.746. The van der Waals surface area contributed by atoms with Crippen molar-refractivity contribution >= 4 is 0 Å². The Labute approximate surface area is 141 Å². The van der Waals surface area contributed by atoms with Gasteiger partial charge in [-0.3, -0.25) is 4.90 Å². The van der Waals surface area contributed by atoms with Gasteiger partial charge in [0, 0.05) is 45.3 Å². The Hall–Kier alpha value is -0.200. The molecule has 0 aromatic rings. The Kier molecular flexibility index (Phi) is 5.51. The second kappa shape index (κ2) is 7.79. The Morgan fingerprint density at radius 3 is 2.39 bits per heavy atom. The SMILES string of the molecule is C1CCCN(N2C3CNCC3CC2N2CCCNCC2)CCC1. The molecule has 4 aliphatic rings. The summed E-state index contributed by atoms with van der Waals surface area (Å²) >= 11 is 0. The lowest BCUT2D eigenvalue weighted by molar-refractivity contribution is -0.114. The van der Waals surface area contributed by atoms with E-state index >= 15 is 0 Å². The van der Waals surface area contributed by atoms with Gasteiger partial charge in [0.05, 0.1) is 6.17 Å². The van der Waals surface area contributed by atoms with Crippen LogP contribution in [0.5, 0.6) is 0 Å². The van der Waals surface area contributed by atoms with E-state index in [1.807, 2.05) is 0 Å². The third-order valence-electron chi connectivity index (χ3n) is 6.42. The molecule has 2 N–H and O–H groups in total. The van der Waals surface area contributed by atoms with Gasteiger partial charge in [-0.2, -0.15) is 0 Å². The Balaban J connectivity index is 1.51. The molecule has 132 valence electrons. The minimum Gasteiger partial charge on any atom is -0.315 e. The van der Waals surface area contributed by atoms with Gasteiger partial charge in [-0.25, -0.2) is 10.0 Å². The smallest absolute Gasteiger partial charge is 0.0768 e. The molecule has 0 aromatic carbocycles. The summed E-state index contributed by atoms with van der Waals surface area (Å²) in [4.78, 5) is 2.79. The number of hydrazine groups is 1. The first-order valence-corrected chi connectivity index (χ1v) is 10.1. The van der Waals surface area contributed by atoms with Crippen molar-refractivity contribution in [1.29, 1.82) is 0 Å². The molecule has 0 radical (unpaired) electrons. The maximum Gasteiger partial charge on any atom is 0.0768 e. The number of hydrogen-bond acceptors (Lipinski definition) is 5. The molecule has 0 aliphatic carbocycles. The minimum absolute atomic E-state index is 0.659. The molecule has 4 aliphatic heterocycles. The van der Waals surface area contributed by atoms with E-state index in [4.69, 9.17) is 0 Å². The molecule has 23 heavy (non-hydrogen) atoms. The maximum absolute atomic E-state index is 3.66. The quantitative estimate of drug-likeness (QED) is 0.796. The molecule has 4 saturated heterocycles. The van der Waals surface area contributed by atoms with Crippen molar-refractivity contribution in [3.8, 4) is 0 Å². The first-order chi connectivity index (χ1) is 11.4. The monoisotopic (exact) mass is 321 g/mol. The van der Waals surface area contributed by atoms with Gasteiger partial charge < -0.3 is 10.6 Å². The van der Waals surface area contributed by atoms with Crippen LogP contribution in [0.15, 0.2) is 0 Å². The fourth-order valence-electron chi connectivity index (χ4n) is 5.21. The van der Waals surface area contributed by atoms with E-state index in [-0.39, 0.29) is 0 Å². The van der Waals surface area contributed by atoms with Gasteiger partial charge in [0.1, 0.15) is 0 Å². The predicted molar refractivity (Wildman–Crippen MR) is 94.1 cm³/mol. The van der Waals surface area contributed by atoms with Crippen LogP contribution in [0.3, 0.4) is 0 Å². The third kappa shape index (κ3) is 3.59. The Morgan fingerprint density at radius 2 is 1.52 bits per heavy atom. The lowest BCUT2D eigenvalue weighted by atomic mass is 10.0. The minimum atomic E-state index is 0.659. The first-order valence-electron chi connectivity index (χ1n) is 10.1. The number of nitrogens with one attached hydrogen (secondary N) is 2. The van der Waals surface area contributed by atoms with Crippen molar-refractivity contribution in [3.63, 3.8) is 0 Å². The van der Waals surface area contributed by atoms with E-state index in [0.717, 1.165) is 18.5 Å². The average molecular weight is 322 g/mol. The molecule has 4 rings (SSSR count). The van der Waals surface area contributed by atoms with Crippen molar-refractivity contribution in [2.45, 2.75) is 57.2 Å². The van der Waals surface area contributed by atoms with Crippen LogP contribution in [-0.4, -0.2) is 79.5 Å². The van der Waals surface area contributed by atoms with Crippen LogP contribution in [-0.2, 0) is 0 Å². The molecule has 4 fully saturated rings. The summed E-state index contributed by atoms with van der Waals surface area (Å²) in [7, 11) is 0. The van der Waals surface area contributed by atoms with E-state index in [1.165, 1.54) is 90.8 Å². The zero-order chi connectivity index (χ0) is 15.5. The number of hydrogen-bond donors (Lipinski definition) is 2. The zero-order valence-corrected chi connectivity index (χ0v) is 14.7. The average Bonchev–Trinajstić information content (AvgIpc) is 2.99. The van der Waals surface area contributed by atoms with Crippen molar-refractivity contribution in [2.75, 3.05) is 52.4 Å². The molecular formula is C18H35N5. The highest BCUT2D eigenvalue weighted by Gasteiger charge is 2.47. The molecule has 0 amide bonds. The van der Waals surface area contributed by atoms with Crippen LogP contribution in [0, 0.1) is 5.92 Å². The van der Waals surface area contributed by atoms with Crippen molar-refractivity contribution in [1.82, 2.24) is 25.6 Å². The zero-order valence-electron chi connectivity index (χ0n) is 14.7. The lowest BCUT2D eigenvalue weighted by Crippen LogP contribution is -2.57. The van der Waals surface area contributed by atoms with E-state index in [2.05, 4.69) is 25.6 Å². The van der Waals surface area contributed by atoms with Crippen LogP contribution >= 0.6 is 0 Å². The van der Waals surface area contributed by atoms with Crippen molar-refractivity contribution < 1.29 is 0 Å². The number of rotatable bonds is 2. The van der Waals surface area contributed by atoms with Crippen molar-refractivity contribution in [3.05, 3.63) is 0 Å². The first kappa shape index (κ1) is 16.3. The molecule has 3 unspecified atom stereocenters. The fourth-order valence-corrected chi connectivity index (χ4v) is 5.21. The van der Waals surface area contributed by atoms with Crippen LogP contribution in [0.2, 0.25) is 0 Å². The maximum atomic E-state index is 3.66. The van der Waals surface area contributed by atoms with Gasteiger partial charge in [0.25, 0.3) is 0 Å². The molecule has 5 nitrogen and oxygen atoms in total. The standard InChI is InChI=1S/C18H35N5/c1-2-4-10-22(11-5-3-1)23-17-15-20-14-16(17)13-18(23)21-9-6-7-19-8-12-21/h16-20H,1-15H2. The van der Waals surface area contributed by atoms with E-state index < -0.39 is 0 Å². The number of fused-ring (bicyclic) bond motifs is 1. The highest BCUT2D eigenvalue weighted by molar-refractivity contribution is 4.99. The summed E-state index contributed by atoms with van der Waals surface area (Å²) < 4.78 is 0. The van der Waals surface area contributed by atoms with E-state index in [1.54, 1.807) is 0 Å². The molecular weight excluding hydrogens is 286 g/mol. The van der Waals surface area contributed by atoms with Gasteiger partial charge in [0.2, 0.25) is 0 Å². The van der Waals surface area contributed by atoms with Crippen LogP contribution in [0.4, 0.5) is 0 Å². The van der Waals surface area contributed by atoms with Crippen LogP contribution < -0.4 is 10.6 Å². The van der Waals surface area contributed by atoms with Crippen LogP contribution in [0.1, 0.15) is 44.9 Å². The lowest BCUT2D eigenvalue weighted by Gasteiger charge is -2.44. The topological polar surface area (TPSA) is 33.8 Å². The normalized spacial score (nSPS) is 38.9.